The third-order valence-corrected chi connectivity index (χ3v) is 6.81. The van der Waals surface area contributed by atoms with Crippen molar-refractivity contribution in [2.24, 2.45) is 7.05 Å². The lowest BCUT2D eigenvalue weighted by Crippen LogP contribution is -2.30. The van der Waals surface area contributed by atoms with Crippen LogP contribution in [0.4, 0.5) is 0 Å². The second-order valence-corrected chi connectivity index (χ2v) is 10.4. The van der Waals surface area contributed by atoms with E-state index < -0.39 is 11.7 Å². The zero-order chi connectivity index (χ0) is 27.6. The lowest BCUT2D eigenvalue weighted by atomic mass is 9.90. The molecule has 4 aromatic rings. The Kier molecular flexibility index (Phi) is 8.06. The van der Waals surface area contributed by atoms with Gasteiger partial charge < -0.3 is 23.9 Å². The van der Waals surface area contributed by atoms with Crippen LogP contribution in [0.1, 0.15) is 44.6 Å². The molecule has 1 aliphatic rings. The Morgan fingerprint density at radius 3 is 2.63 bits per heavy atom. The summed E-state index contributed by atoms with van der Waals surface area (Å²) < 4.78 is 13.6. The summed E-state index contributed by atoms with van der Waals surface area (Å²) in [5.41, 5.74) is 3.49. The normalized spacial score (nSPS) is 13.8. The summed E-state index contributed by atoms with van der Waals surface area (Å²) in [6, 6.07) is 9.62. The van der Waals surface area contributed by atoms with E-state index in [0.29, 0.717) is 45.0 Å². The van der Waals surface area contributed by atoms with Crippen LogP contribution < -0.4 is 10.3 Å². The van der Waals surface area contributed by atoms with Gasteiger partial charge in [0.25, 0.3) is 5.56 Å². The number of carbonyl (C=O) groups is 1. The van der Waals surface area contributed by atoms with Crippen LogP contribution in [0.3, 0.4) is 0 Å². The van der Waals surface area contributed by atoms with Gasteiger partial charge in [-0.2, -0.15) is 5.10 Å². The van der Waals surface area contributed by atoms with Gasteiger partial charge in [0.1, 0.15) is 5.75 Å². The first-order valence-corrected chi connectivity index (χ1v) is 12.8. The molecular weight excluding hydrogens is 506 g/mol. The Bertz CT molecular complexity index is 1520. The fourth-order valence-electron chi connectivity index (χ4n) is 4.94. The number of carbonyl (C=O) groups excluding carboxylic acids is 1. The predicted octanol–water partition coefficient (Wildman–Crippen LogP) is 5.24. The van der Waals surface area contributed by atoms with Crippen LogP contribution in [0.2, 0.25) is 5.02 Å². The molecule has 1 atom stereocenters. The van der Waals surface area contributed by atoms with Gasteiger partial charge in [-0.05, 0) is 50.1 Å². The quantitative estimate of drug-likeness (QED) is 0.337. The van der Waals surface area contributed by atoms with Crippen LogP contribution in [0.15, 0.2) is 47.5 Å². The number of halogens is 1. The molecule has 0 aliphatic carbocycles. The molecule has 2 aromatic heterocycles. The maximum atomic E-state index is 13.9. The molecule has 200 valence electrons. The Balaban J connectivity index is 0.00000164. The van der Waals surface area contributed by atoms with Gasteiger partial charge in [0.05, 0.1) is 34.5 Å². The van der Waals surface area contributed by atoms with Crippen LogP contribution in [-0.2, 0) is 23.0 Å². The number of aldehydes is 1. The standard InChI is InChI=1S/C28H28ClN3O4.CH4O/c1-28(2,3)36-21(15-33)25-22(20-11-10-16-7-6-12-35-26(16)24(20)29)19-9-5-8-18(17-13-30-31-14-17)23(19)27(34)32(25)4;1-2/h5,8-11,13-15,21H,6-7,12H2,1-4H3,(H,30,31);2H,1H3/t21-;/m0./s1. The number of aliphatic hydroxyl groups is 1. The summed E-state index contributed by atoms with van der Waals surface area (Å²) in [6.07, 6.45) is 4.98. The number of hydrogen-bond acceptors (Lipinski definition) is 6. The van der Waals surface area contributed by atoms with E-state index >= 15 is 0 Å². The van der Waals surface area contributed by atoms with E-state index in [1.54, 1.807) is 19.4 Å². The van der Waals surface area contributed by atoms with Crippen molar-refractivity contribution >= 4 is 28.7 Å². The number of rotatable bonds is 5. The number of nitrogens with zero attached hydrogens (tertiary/aromatic N) is 2. The zero-order valence-corrected chi connectivity index (χ0v) is 22.9. The molecule has 2 N–H and O–H groups in total. The molecule has 8 nitrogen and oxygen atoms in total. The van der Waals surface area contributed by atoms with Gasteiger partial charge in [0, 0.05) is 37.0 Å². The molecule has 0 fully saturated rings. The van der Waals surface area contributed by atoms with E-state index in [-0.39, 0.29) is 5.56 Å². The summed E-state index contributed by atoms with van der Waals surface area (Å²) in [4.78, 5) is 26.3. The van der Waals surface area contributed by atoms with Gasteiger partial charge in [-0.25, -0.2) is 0 Å². The highest BCUT2D eigenvalue weighted by Gasteiger charge is 2.30. The molecule has 5 rings (SSSR count). The second-order valence-electron chi connectivity index (χ2n) is 9.99. The third-order valence-electron chi connectivity index (χ3n) is 6.44. The summed E-state index contributed by atoms with van der Waals surface area (Å²) in [5, 5.41) is 15.5. The molecule has 0 bridgehead atoms. The SMILES string of the molecule is CO.Cn1c([C@H](C=O)OC(C)(C)C)c(-c2ccc3c(c2Cl)OCCC3)c2cccc(-c3cn[nH]c3)c2c1=O. The van der Waals surface area contributed by atoms with Gasteiger partial charge in [-0.15, -0.1) is 0 Å². The topological polar surface area (TPSA) is 106 Å². The largest absolute Gasteiger partial charge is 0.492 e. The van der Waals surface area contributed by atoms with Crippen LogP contribution in [0.5, 0.6) is 5.75 Å². The molecule has 38 heavy (non-hydrogen) atoms. The molecule has 9 heteroatoms. The van der Waals surface area contributed by atoms with E-state index in [0.717, 1.165) is 42.9 Å². The molecule has 0 unspecified atom stereocenters. The monoisotopic (exact) mass is 537 g/mol. The van der Waals surface area contributed by atoms with Crippen molar-refractivity contribution in [3.05, 3.63) is 69.4 Å². The van der Waals surface area contributed by atoms with Crippen molar-refractivity contribution in [3.8, 4) is 28.0 Å². The average molecular weight is 538 g/mol. The molecule has 0 radical (unpaired) electrons. The van der Waals surface area contributed by atoms with Crippen molar-refractivity contribution in [1.29, 1.82) is 0 Å². The van der Waals surface area contributed by atoms with Crippen molar-refractivity contribution in [2.45, 2.75) is 45.3 Å². The van der Waals surface area contributed by atoms with Crippen molar-refractivity contribution < 1.29 is 19.4 Å². The Labute approximate surface area is 226 Å². The molecule has 3 heterocycles. The number of aromatic nitrogens is 3. The number of aliphatic hydroxyl groups excluding tert-OH is 1. The average Bonchev–Trinajstić information content (AvgIpc) is 3.45. The second kappa shape index (κ2) is 11.1. The Morgan fingerprint density at radius 2 is 1.97 bits per heavy atom. The van der Waals surface area contributed by atoms with Gasteiger partial charge in [-0.3, -0.25) is 9.89 Å². The summed E-state index contributed by atoms with van der Waals surface area (Å²) in [5.74, 6) is 0.652. The predicted molar refractivity (Wildman–Crippen MR) is 149 cm³/mol. The van der Waals surface area contributed by atoms with Crippen LogP contribution in [-0.4, -0.2) is 45.5 Å². The fraction of sp³-hybridized carbons (Fsp3) is 0.345. The number of nitrogens with one attached hydrogen (secondary N) is 1. The van der Waals surface area contributed by atoms with Crippen LogP contribution in [0, 0.1) is 0 Å². The molecule has 0 saturated carbocycles. The number of hydrogen-bond donors (Lipinski definition) is 2. The minimum Gasteiger partial charge on any atom is -0.492 e. The first-order valence-electron chi connectivity index (χ1n) is 12.4. The van der Waals surface area contributed by atoms with Gasteiger partial charge in [0.15, 0.2) is 12.4 Å². The number of benzene rings is 2. The zero-order valence-electron chi connectivity index (χ0n) is 22.2. The molecular formula is C29H32ClN3O5. The van der Waals surface area contributed by atoms with E-state index in [9.17, 15) is 9.59 Å². The minimum absolute atomic E-state index is 0.241. The van der Waals surface area contributed by atoms with Gasteiger partial charge >= 0.3 is 0 Å². The highest BCUT2D eigenvalue weighted by atomic mass is 35.5. The summed E-state index contributed by atoms with van der Waals surface area (Å²) in [6.45, 7) is 6.21. The number of fused-ring (bicyclic) bond motifs is 2. The van der Waals surface area contributed by atoms with Gasteiger partial charge in [0.2, 0.25) is 0 Å². The number of aryl methyl sites for hydroxylation is 1. The van der Waals surface area contributed by atoms with Gasteiger partial charge in [-0.1, -0.05) is 41.9 Å². The highest BCUT2D eigenvalue weighted by Crippen LogP contribution is 2.45. The van der Waals surface area contributed by atoms with Crippen LogP contribution >= 0.6 is 11.6 Å². The summed E-state index contributed by atoms with van der Waals surface area (Å²) in [7, 11) is 2.66. The maximum Gasteiger partial charge on any atom is 0.259 e. The molecule has 0 spiro atoms. The smallest absolute Gasteiger partial charge is 0.259 e. The van der Waals surface area contributed by atoms with Crippen molar-refractivity contribution in [2.75, 3.05) is 13.7 Å². The maximum absolute atomic E-state index is 13.9. The first kappa shape index (κ1) is 27.6. The van der Waals surface area contributed by atoms with Crippen LogP contribution in [0.25, 0.3) is 33.0 Å². The van der Waals surface area contributed by atoms with E-state index in [1.807, 2.05) is 51.1 Å². The molecule has 2 aromatic carbocycles. The minimum atomic E-state index is -0.993. The molecule has 0 saturated heterocycles. The highest BCUT2D eigenvalue weighted by molar-refractivity contribution is 6.35. The third kappa shape index (κ3) is 4.99. The lowest BCUT2D eigenvalue weighted by molar-refractivity contribution is -0.129. The Hall–Kier alpha value is -3.46. The summed E-state index contributed by atoms with van der Waals surface area (Å²) >= 11 is 6.99. The van der Waals surface area contributed by atoms with Crippen molar-refractivity contribution in [1.82, 2.24) is 14.8 Å². The number of pyridine rings is 1. The Morgan fingerprint density at radius 1 is 1.21 bits per heavy atom. The lowest BCUT2D eigenvalue weighted by Gasteiger charge is -2.29. The fourth-order valence-corrected chi connectivity index (χ4v) is 5.27. The van der Waals surface area contributed by atoms with E-state index in [1.165, 1.54) is 4.57 Å². The number of H-pyrrole nitrogens is 1. The first-order chi connectivity index (χ1) is 18.2. The number of ether oxygens (including phenoxy) is 2. The molecule has 0 amide bonds. The van der Waals surface area contributed by atoms with Crippen molar-refractivity contribution in [3.63, 3.8) is 0 Å². The number of aromatic amines is 1. The molecule has 1 aliphatic heterocycles. The van der Waals surface area contributed by atoms with E-state index in [4.69, 9.17) is 26.2 Å². The van der Waals surface area contributed by atoms with E-state index in [2.05, 4.69) is 10.2 Å².